The molecule has 2 aromatic rings. The van der Waals surface area contributed by atoms with Crippen molar-refractivity contribution in [1.29, 1.82) is 0 Å². The van der Waals surface area contributed by atoms with E-state index in [2.05, 4.69) is 5.32 Å². The van der Waals surface area contributed by atoms with Crippen LogP contribution in [0.4, 0.5) is 0 Å². The normalized spacial score (nSPS) is 18.8. The molecule has 0 saturated carbocycles. The van der Waals surface area contributed by atoms with Crippen LogP contribution in [0.2, 0.25) is 5.02 Å². The molecule has 0 bridgehead atoms. The Morgan fingerprint density at radius 3 is 2.55 bits per heavy atom. The minimum absolute atomic E-state index is 0.00879. The van der Waals surface area contributed by atoms with Gasteiger partial charge in [-0.2, -0.15) is 0 Å². The lowest BCUT2D eigenvalue weighted by Crippen LogP contribution is -2.48. The Balaban J connectivity index is 1.44. The molecule has 0 aromatic heterocycles. The van der Waals surface area contributed by atoms with Crippen molar-refractivity contribution in [2.45, 2.75) is 38.5 Å². The van der Waals surface area contributed by atoms with Gasteiger partial charge in [0, 0.05) is 30.2 Å². The molecule has 176 valence electrons. The summed E-state index contributed by atoms with van der Waals surface area (Å²) in [7, 11) is 1.61. The molecule has 2 heterocycles. The second-order valence-electron chi connectivity index (χ2n) is 9.00. The first-order valence-corrected chi connectivity index (χ1v) is 12.0. The van der Waals surface area contributed by atoms with Gasteiger partial charge in [-0.3, -0.25) is 9.59 Å². The summed E-state index contributed by atoms with van der Waals surface area (Å²) < 4.78 is 11.0. The number of methoxy groups -OCH3 is 1. The number of benzene rings is 2. The number of hydrogen-bond acceptors (Lipinski definition) is 4. The van der Waals surface area contributed by atoms with E-state index >= 15 is 0 Å². The Bertz CT molecular complexity index is 984. The van der Waals surface area contributed by atoms with Gasteiger partial charge in [0.2, 0.25) is 0 Å². The third-order valence-corrected chi connectivity index (χ3v) is 7.10. The minimum Gasteiger partial charge on any atom is -0.497 e. The summed E-state index contributed by atoms with van der Waals surface area (Å²) in [5, 5.41) is 3.65. The number of ether oxygens (including phenoxy) is 2. The lowest BCUT2D eigenvalue weighted by atomic mass is 9.74. The molecular weight excluding hydrogens is 440 g/mol. The largest absolute Gasteiger partial charge is 0.497 e. The predicted molar refractivity (Wildman–Crippen MR) is 128 cm³/mol. The number of piperidine rings is 1. The monoisotopic (exact) mass is 470 g/mol. The van der Waals surface area contributed by atoms with Crippen LogP contribution in [0.15, 0.2) is 42.5 Å². The van der Waals surface area contributed by atoms with Crippen LogP contribution < -0.4 is 14.8 Å². The molecule has 2 aromatic carbocycles. The third kappa shape index (κ3) is 5.61. The van der Waals surface area contributed by atoms with Crippen molar-refractivity contribution in [3.05, 3.63) is 58.6 Å². The number of carbonyl (C=O) groups excluding carboxylic acids is 2. The molecule has 2 aliphatic rings. The fourth-order valence-corrected chi connectivity index (χ4v) is 4.92. The van der Waals surface area contributed by atoms with Crippen molar-refractivity contribution in [1.82, 2.24) is 10.2 Å². The molecule has 0 atom stereocenters. The van der Waals surface area contributed by atoms with Crippen LogP contribution >= 0.6 is 11.6 Å². The van der Waals surface area contributed by atoms with E-state index in [1.165, 1.54) is 0 Å². The van der Waals surface area contributed by atoms with Crippen LogP contribution in [0.1, 0.15) is 59.2 Å². The smallest absolute Gasteiger partial charge is 0.255 e. The first-order chi connectivity index (χ1) is 16.0. The molecule has 6 nitrogen and oxygen atoms in total. The summed E-state index contributed by atoms with van der Waals surface area (Å²) in [5.41, 5.74) is 1.14. The highest BCUT2D eigenvalue weighted by molar-refractivity contribution is 6.31. The first-order valence-electron chi connectivity index (χ1n) is 11.6. The Hall–Kier alpha value is -2.73. The van der Waals surface area contributed by atoms with Crippen molar-refractivity contribution >= 4 is 23.4 Å². The van der Waals surface area contributed by atoms with Crippen molar-refractivity contribution in [3.63, 3.8) is 0 Å². The topological polar surface area (TPSA) is 67.9 Å². The molecule has 2 amide bonds. The zero-order chi connectivity index (χ0) is 23.3. The number of nitrogens with one attached hydrogen (secondary N) is 1. The lowest BCUT2D eigenvalue weighted by Gasteiger charge is -2.42. The fourth-order valence-electron chi connectivity index (χ4n) is 4.74. The van der Waals surface area contributed by atoms with Crippen molar-refractivity contribution in [2.75, 3.05) is 33.4 Å². The molecule has 33 heavy (non-hydrogen) atoms. The summed E-state index contributed by atoms with van der Waals surface area (Å²) in [4.78, 5) is 27.9. The van der Waals surface area contributed by atoms with E-state index < -0.39 is 0 Å². The molecule has 1 N–H and O–H groups in total. The fraction of sp³-hybridized carbons (Fsp3) is 0.462. The standard InChI is InChI=1S/C26H31ClN2O4/c1-32-21-8-5-19(6-9-21)25(31)29-14-12-26(13-15-29)11-3-2-4-16-33-23-10-7-20(27)17-22(23)24(30)28-18-26/h5-10,17H,2-4,11-16,18H2,1H3,(H,28,30). The number of carbonyl (C=O) groups is 2. The maximum atomic E-state index is 13.0. The summed E-state index contributed by atoms with van der Waals surface area (Å²) in [6, 6.07) is 12.4. The van der Waals surface area contributed by atoms with Gasteiger partial charge in [0.25, 0.3) is 11.8 Å². The first kappa shape index (κ1) is 23.4. The van der Waals surface area contributed by atoms with Crippen LogP contribution in [-0.4, -0.2) is 50.1 Å². The molecule has 1 spiro atoms. The summed E-state index contributed by atoms with van der Waals surface area (Å²) in [5.74, 6) is 1.20. The van der Waals surface area contributed by atoms with Gasteiger partial charge in [0.1, 0.15) is 11.5 Å². The van der Waals surface area contributed by atoms with Crippen molar-refractivity contribution in [2.24, 2.45) is 5.41 Å². The highest BCUT2D eigenvalue weighted by Gasteiger charge is 2.36. The van der Waals surface area contributed by atoms with Crippen LogP contribution in [-0.2, 0) is 0 Å². The molecule has 7 heteroatoms. The summed E-state index contributed by atoms with van der Waals surface area (Å²) in [6.07, 6.45) is 5.87. The quantitative estimate of drug-likeness (QED) is 0.674. The average Bonchev–Trinajstić information content (AvgIpc) is 2.85. The third-order valence-electron chi connectivity index (χ3n) is 6.87. The van der Waals surface area contributed by atoms with Crippen LogP contribution in [0.5, 0.6) is 11.5 Å². The molecular formula is C26H31ClN2O4. The average molecular weight is 471 g/mol. The van der Waals surface area contributed by atoms with E-state index in [0.717, 1.165) is 44.3 Å². The summed E-state index contributed by atoms with van der Waals surface area (Å²) in [6.45, 7) is 2.54. The zero-order valence-corrected chi connectivity index (χ0v) is 19.8. The highest BCUT2D eigenvalue weighted by Crippen LogP contribution is 2.37. The minimum atomic E-state index is -0.163. The van der Waals surface area contributed by atoms with Gasteiger partial charge in [-0.15, -0.1) is 0 Å². The molecule has 4 rings (SSSR count). The Morgan fingerprint density at radius 2 is 1.82 bits per heavy atom. The number of halogens is 1. The van der Waals surface area contributed by atoms with Gasteiger partial charge < -0.3 is 19.7 Å². The van der Waals surface area contributed by atoms with Gasteiger partial charge in [-0.25, -0.2) is 0 Å². The molecule has 0 unspecified atom stereocenters. The van der Waals surface area contributed by atoms with E-state index in [-0.39, 0.29) is 17.2 Å². The van der Waals surface area contributed by atoms with Crippen LogP contribution in [0, 0.1) is 5.41 Å². The summed E-state index contributed by atoms with van der Waals surface area (Å²) >= 11 is 6.14. The number of hydrogen-bond donors (Lipinski definition) is 1. The molecule has 0 radical (unpaired) electrons. The van der Waals surface area contributed by atoms with Crippen LogP contribution in [0.25, 0.3) is 0 Å². The second kappa shape index (κ2) is 10.5. The van der Waals surface area contributed by atoms with Gasteiger partial charge >= 0.3 is 0 Å². The van der Waals surface area contributed by atoms with Crippen molar-refractivity contribution in [3.8, 4) is 11.5 Å². The van der Waals surface area contributed by atoms with E-state index in [9.17, 15) is 9.59 Å². The molecule has 1 saturated heterocycles. The predicted octanol–water partition coefficient (Wildman–Crippen LogP) is 4.95. The zero-order valence-electron chi connectivity index (χ0n) is 19.1. The van der Waals surface area contributed by atoms with Gasteiger partial charge in [0.15, 0.2) is 0 Å². The maximum absolute atomic E-state index is 13.0. The number of likely N-dealkylation sites (tertiary alicyclic amines) is 1. The molecule has 0 aliphatic carbocycles. The Labute approximate surface area is 200 Å². The van der Waals surface area contributed by atoms with Gasteiger partial charge in [-0.05, 0) is 73.6 Å². The SMILES string of the molecule is COc1ccc(C(=O)N2CCC3(CCCCCOc4ccc(Cl)cc4C(=O)NC3)CC2)cc1. The Kier molecular flexibility index (Phi) is 7.43. The lowest BCUT2D eigenvalue weighted by molar-refractivity contribution is 0.0533. The number of nitrogens with zero attached hydrogens (tertiary/aromatic N) is 1. The van der Waals surface area contributed by atoms with Crippen LogP contribution in [0.3, 0.4) is 0 Å². The number of fused-ring (bicyclic) bond motifs is 1. The second-order valence-corrected chi connectivity index (χ2v) is 9.44. The molecule has 2 aliphatic heterocycles. The van der Waals surface area contributed by atoms with E-state index in [4.69, 9.17) is 21.1 Å². The van der Waals surface area contributed by atoms with E-state index in [1.54, 1.807) is 25.3 Å². The maximum Gasteiger partial charge on any atom is 0.255 e. The highest BCUT2D eigenvalue weighted by atomic mass is 35.5. The van der Waals surface area contributed by atoms with Crippen molar-refractivity contribution < 1.29 is 19.1 Å². The van der Waals surface area contributed by atoms with Gasteiger partial charge in [-0.1, -0.05) is 24.4 Å². The molecule has 1 fully saturated rings. The van der Waals surface area contributed by atoms with E-state index in [1.807, 2.05) is 29.2 Å². The van der Waals surface area contributed by atoms with E-state index in [0.29, 0.717) is 48.1 Å². The number of rotatable bonds is 2. The van der Waals surface area contributed by atoms with Gasteiger partial charge in [0.05, 0.1) is 19.3 Å². The Morgan fingerprint density at radius 1 is 1.06 bits per heavy atom. The number of amides is 2.